The molecule has 2 aliphatic rings. The van der Waals surface area contributed by atoms with E-state index in [0.29, 0.717) is 25.1 Å². The number of likely N-dealkylation sites (tertiary alicyclic amines) is 2. The number of carbonyl (C=O) groups is 1. The van der Waals surface area contributed by atoms with E-state index in [-0.39, 0.29) is 6.04 Å². The Morgan fingerprint density at radius 3 is 2.56 bits per heavy atom. The molecule has 2 fully saturated rings. The van der Waals surface area contributed by atoms with Crippen LogP contribution in [0, 0.1) is 0 Å². The van der Waals surface area contributed by atoms with Crippen LogP contribution in [-0.2, 0) is 16.1 Å². The monoisotopic (exact) mass is 373 g/mol. The Bertz CT molecular complexity index is 572. The van der Waals surface area contributed by atoms with E-state index in [4.69, 9.17) is 4.74 Å². The molecule has 0 aliphatic carbocycles. The van der Waals surface area contributed by atoms with E-state index in [9.17, 15) is 4.79 Å². The lowest BCUT2D eigenvalue weighted by atomic mass is 9.97. The summed E-state index contributed by atoms with van der Waals surface area (Å²) in [6.07, 6.45) is 5.44. The summed E-state index contributed by atoms with van der Waals surface area (Å²) in [5, 5.41) is 0. The fourth-order valence-corrected chi connectivity index (χ4v) is 4.44. The molecule has 3 rings (SSSR count). The standard InChI is InChI=1S/C22H35N3O2/c1-23-14-11-20(12-15-23)25(16-17-27-2)22(26)21-10-6-7-13-24(21)18-19-8-4-3-5-9-19/h3-5,8-9,20-21H,6-7,10-18H2,1-2H3/t21-/m1/s1. The van der Waals surface area contributed by atoms with Crippen molar-refractivity contribution in [2.75, 3.05) is 46.9 Å². The lowest BCUT2D eigenvalue weighted by molar-refractivity contribution is -0.142. The first-order valence-electron chi connectivity index (χ1n) is 10.4. The van der Waals surface area contributed by atoms with Crippen molar-refractivity contribution in [3.8, 4) is 0 Å². The van der Waals surface area contributed by atoms with Crippen LogP contribution in [0.3, 0.4) is 0 Å². The lowest BCUT2D eigenvalue weighted by Gasteiger charge is -2.42. The summed E-state index contributed by atoms with van der Waals surface area (Å²) in [7, 11) is 3.89. The molecule has 0 spiro atoms. The molecule has 5 heteroatoms. The minimum absolute atomic E-state index is 0.00969. The molecule has 27 heavy (non-hydrogen) atoms. The highest BCUT2D eigenvalue weighted by Gasteiger charge is 2.35. The highest BCUT2D eigenvalue weighted by molar-refractivity contribution is 5.82. The summed E-state index contributed by atoms with van der Waals surface area (Å²) < 4.78 is 5.33. The van der Waals surface area contributed by atoms with Crippen LogP contribution < -0.4 is 0 Å². The minimum Gasteiger partial charge on any atom is -0.383 e. The molecule has 2 aliphatic heterocycles. The number of carbonyl (C=O) groups excluding carboxylic acids is 1. The van der Waals surface area contributed by atoms with E-state index in [2.05, 4.69) is 52.1 Å². The van der Waals surface area contributed by atoms with Gasteiger partial charge in [-0.15, -0.1) is 0 Å². The first kappa shape index (κ1) is 20.3. The molecule has 0 radical (unpaired) electrons. The number of hydrogen-bond donors (Lipinski definition) is 0. The third-order valence-corrected chi connectivity index (χ3v) is 6.08. The number of ether oxygens (including phenoxy) is 1. The van der Waals surface area contributed by atoms with Crippen molar-refractivity contribution >= 4 is 5.91 Å². The Labute approximate surface area is 164 Å². The van der Waals surface area contributed by atoms with Gasteiger partial charge < -0.3 is 14.5 Å². The van der Waals surface area contributed by atoms with Gasteiger partial charge in [0.2, 0.25) is 5.91 Å². The summed E-state index contributed by atoms with van der Waals surface area (Å²) in [6, 6.07) is 10.9. The lowest BCUT2D eigenvalue weighted by Crippen LogP contribution is -2.55. The molecule has 1 aromatic carbocycles. The molecular formula is C22H35N3O2. The molecule has 1 amide bonds. The van der Waals surface area contributed by atoms with Crippen molar-refractivity contribution in [1.29, 1.82) is 0 Å². The van der Waals surface area contributed by atoms with Gasteiger partial charge in [0.15, 0.2) is 0 Å². The van der Waals surface area contributed by atoms with Gasteiger partial charge in [0.1, 0.15) is 0 Å². The third kappa shape index (κ3) is 5.53. The average molecular weight is 374 g/mol. The molecule has 0 unspecified atom stereocenters. The largest absolute Gasteiger partial charge is 0.383 e. The van der Waals surface area contributed by atoms with Gasteiger partial charge in [0.05, 0.1) is 12.6 Å². The second kappa shape index (κ2) is 10.2. The van der Waals surface area contributed by atoms with Gasteiger partial charge in [-0.2, -0.15) is 0 Å². The summed E-state index contributed by atoms with van der Waals surface area (Å²) in [5.41, 5.74) is 1.29. The molecule has 2 heterocycles. The van der Waals surface area contributed by atoms with Crippen molar-refractivity contribution < 1.29 is 9.53 Å². The second-order valence-corrected chi connectivity index (χ2v) is 8.03. The molecule has 2 saturated heterocycles. The SMILES string of the molecule is COCCN(C(=O)[C@H]1CCCCN1Cc1ccccc1)C1CCN(C)CC1. The van der Waals surface area contributed by atoms with Crippen molar-refractivity contribution in [2.45, 2.75) is 50.7 Å². The molecule has 0 N–H and O–H groups in total. The minimum atomic E-state index is 0.00969. The van der Waals surface area contributed by atoms with Crippen LogP contribution in [0.1, 0.15) is 37.7 Å². The Morgan fingerprint density at radius 1 is 1.11 bits per heavy atom. The van der Waals surface area contributed by atoms with Gasteiger partial charge in [0.25, 0.3) is 0 Å². The number of benzene rings is 1. The van der Waals surface area contributed by atoms with Crippen LogP contribution in [-0.4, -0.2) is 79.6 Å². The molecule has 5 nitrogen and oxygen atoms in total. The van der Waals surface area contributed by atoms with Gasteiger partial charge in [-0.25, -0.2) is 0 Å². The van der Waals surface area contributed by atoms with Crippen LogP contribution >= 0.6 is 0 Å². The Morgan fingerprint density at radius 2 is 1.85 bits per heavy atom. The van der Waals surface area contributed by atoms with Crippen LogP contribution in [0.4, 0.5) is 0 Å². The molecule has 0 saturated carbocycles. The smallest absolute Gasteiger partial charge is 0.240 e. The first-order chi connectivity index (χ1) is 13.2. The predicted octanol–water partition coefficient (Wildman–Crippen LogP) is 2.61. The van der Waals surface area contributed by atoms with E-state index in [1.165, 1.54) is 12.0 Å². The third-order valence-electron chi connectivity index (χ3n) is 6.08. The van der Waals surface area contributed by atoms with Gasteiger partial charge in [-0.1, -0.05) is 36.8 Å². The van der Waals surface area contributed by atoms with Crippen molar-refractivity contribution in [3.05, 3.63) is 35.9 Å². The van der Waals surface area contributed by atoms with Gasteiger partial charge in [-0.05, 0) is 57.9 Å². The average Bonchev–Trinajstić information content (AvgIpc) is 2.70. The fraction of sp³-hybridized carbons (Fsp3) is 0.682. The molecule has 0 aromatic heterocycles. The van der Waals surface area contributed by atoms with Crippen molar-refractivity contribution in [1.82, 2.24) is 14.7 Å². The molecule has 0 bridgehead atoms. The van der Waals surface area contributed by atoms with Crippen LogP contribution in [0.5, 0.6) is 0 Å². The van der Waals surface area contributed by atoms with E-state index in [0.717, 1.165) is 51.9 Å². The normalized spacial score (nSPS) is 22.7. The summed E-state index contributed by atoms with van der Waals surface area (Å²) >= 11 is 0. The zero-order valence-electron chi connectivity index (χ0n) is 17.0. The number of piperidine rings is 2. The fourth-order valence-electron chi connectivity index (χ4n) is 4.44. The van der Waals surface area contributed by atoms with Gasteiger partial charge in [0, 0.05) is 26.2 Å². The maximum atomic E-state index is 13.6. The Hall–Kier alpha value is -1.43. The maximum absolute atomic E-state index is 13.6. The van der Waals surface area contributed by atoms with Crippen molar-refractivity contribution in [2.24, 2.45) is 0 Å². The van der Waals surface area contributed by atoms with Crippen LogP contribution in [0.25, 0.3) is 0 Å². The Balaban J connectivity index is 1.71. The zero-order chi connectivity index (χ0) is 19.1. The van der Waals surface area contributed by atoms with E-state index in [1.54, 1.807) is 7.11 Å². The summed E-state index contributed by atoms with van der Waals surface area (Å²) in [5.74, 6) is 0.317. The van der Waals surface area contributed by atoms with Crippen LogP contribution in [0.15, 0.2) is 30.3 Å². The highest BCUT2D eigenvalue weighted by Crippen LogP contribution is 2.24. The highest BCUT2D eigenvalue weighted by atomic mass is 16.5. The van der Waals surface area contributed by atoms with E-state index in [1.807, 2.05) is 0 Å². The number of hydrogen-bond acceptors (Lipinski definition) is 4. The zero-order valence-corrected chi connectivity index (χ0v) is 17.0. The summed E-state index contributed by atoms with van der Waals surface area (Å²) in [4.78, 5) is 20.5. The van der Waals surface area contributed by atoms with Crippen molar-refractivity contribution in [3.63, 3.8) is 0 Å². The topological polar surface area (TPSA) is 36.0 Å². The number of nitrogens with zero attached hydrogens (tertiary/aromatic N) is 3. The number of amides is 1. The maximum Gasteiger partial charge on any atom is 0.240 e. The quantitative estimate of drug-likeness (QED) is 0.736. The molecular weight excluding hydrogens is 338 g/mol. The Kier molecular flexibility index (Phi) is 7.68. The van der Waals surface area contributed by atoms with Crippen LogP contribution in [0.2, 0.25) is 0 Å². The number of methoxy groups -OCH3 is 1. The van der Waals surface area contributed by atoms with Gasteiger partial charge in [-0.3, -0.25) is 9.69 Å². The molecule has 1 aromatic rings. The predicted molar refractivity (Wildman–Crippen MR) is 109 cm³/mol. The first-order valence-corrected chi connectivity index (χ1v) is 10.4. The van der Waals surface area contributed by atoms with E-state index < -0.39 is 0 Å². The molecule has 1 atom stereocenters. The number of rotatable bonds is 7. The summed E-state index contributed by atoms with van der Waals surface area (Å²) in [6.45, 7) is 5.34. The second-order valence-electron chi connectivity index (χ2n) is 8.03. The van der Waals surface area contributed by atoms with E-state index >= 15 is 0 Å². The van der Waals surface area contributed by atoms with Gasteiger partial charge >= 0.3 is 0 Å². The molecule has 150 valence electrons.